The number of hydrogen-bond donors (Lipinski definition) is 3. The van der Waals surface area contributed by atoms with Gasteiger partial charge in [-0.2, -0.15) is 0 Å². The van der Waals surface area contributed by atoms with Crippen molar-refractivity contribution in [1.29, 1.82) is 0 Å². The molecule has 0 fully saturated rings. The molecule has 0 aliphatic heterocycles. The van der Waals surface area contributed by atoms with E-state index in [1.807, 2.05) is 38.1 Å². The molecule has 1 aliphatic carbocycles. The topological polar surface area (TPSA) is 105 Å². The molecular formula is C27H34N2O5. The highest BCUT2D eigenvalue weighted by atomic mass is 16.5. The summed E-state index contributed by atoms with van der Waals surface area (Å²) in [5, 5.41) is 14.6. The first-order valence-electron chi connectivity index (χ1n) is 11.9. The van der Waals surface area contributed by atoms with E-state index in [0.29, 0.717) is 19.4 Å². The highest BCUT2D eigenvalue weighted by Gasteiger charge is 2.29. The zero-order valence-electron chi connectivity index (χ0n) is 20.0. The highest BCUT2D eigenvalue weighted by Crippen LogP contribution is 2.44. The molecule has 2 atom stereocenters. The number of alkyl carbamates (subject to hydrolysis) is 1. The van der Waals surface area contributed by atoms with Crippen molar-refractivity contribution in [3.63, 3.8) is 0 Å². The minimum atomic E-state index is -0.835. The van der Waals surface area contributed by atoms with Crippen molar-refractivity contribution >= 4 is 18.0 Å². The number of carboxylic acid groups (broad SMARTS) is 1. The Labute approximate surface area is 200 Å². The number of carbonyl (C=O) groups is 3. The van der Waals surface area contributed by atoms with Crippen LogP contribution in [0.1, 0.15) is 57.1 Å². The van der Waals surface area contributed by atoms with Crippen LogP contribution < -0.4 is 10.6 Å². The first kappa shape index (κ1) is 25.3. The van der Waals surface area contributed by atoms with Crippen LogP contribution in [-0.4, -0.2) is 42.3 Å². The van der Waals surface area contributed by atoms with Crippen LogP contribution >= 0.6 is 0 Å². The molecule has 0 radical (unpaired) electrons. The van der Waals surface area contributed by atoms with Gasteiger partial charge in [0.05, 0.1) is 5.92 Å². The molecule has 2 aromatic carbocycles. The van der Waals surface area contributed by atoms with E-state index in [0.717, 1.165) is 11.1 Å². The summed E-state index contributed by atoms with van der Waals surface area (Å²) in [6, 6.07) is 16.0. The molecule has 0 heterocycles. The normalized spacial score (nSPS) is 14.1. The average Bonchev–Trinajstić information content (AvgIpc) is 3.13. The monoisotopic (exact) mass is 466 g/mol. The molecule has 2 aromatic rings. The fourth-order valence-electron chi connectivity index (χ4n) is 4.28. The third-order valence-corrected chi connectivity index (χ3v) is 6.41. The van der Waals surface area contributed by atoms with Crippen molar-refractivity contribution in [2.24, 2.45) is 11.8 Å². The molecule has 0 saturated carbocycles. The van der Waals surface area contributed by atoms with Crippen LogP contribution in [0.15, 0.2) is 48.5 Å². The van der Waals surface area contributed by atoms with Crippen LogP contribution in [0, 0.1) is 11.8 Å². The van der Waals surface area contributed by atoms with E-state index in [1.165, 1.54) is 11.1 Å². The van der Waals surface area contributed by atoms with Crippen LogP contribution in [0.5, 0.6) is 0 Å². The molecular weight excluding hydrogens is 432 g/mol. The summed E-state index contributed by atoms with van der Waals surface area (Å²) < 4.78 is 5.61. The van der Waals surface area contributed by atoms with Crippen molar-refractivity contribution in [2.45, 2.75) is 52.0 Å². The maximum atomic E-state index is 12.6. The van der Waals surface area contributed by atoms with Gasteiger partial charge in [0.25, 0.3) is 0 Å². The number of aliphatic carboxylic acids is 1. The van der Waals surface area contributed by atoms with Gasteiger partial charge in [0, 0.05) is 24.9 Å². The van der Waals surface area contributed by atoms with Gasteiger partial charge >= 0.3 is 12.1 Å². The van der Waals surface area contributed by atoms with E-state index in [1.54, 1.807) is 6.92 Å². The van der Waals surface area contributed by atoms with Gasteiger partial charge in [-0.05, 0) is 41.0 Å². The molecule has 1 unspecified atom stereocenters. The largest absolute Gasteiger partial charge is 0.481 e. The van der Waals surface area contributed by atoms with E-state index in [-0.39, 0.29) is 36.8 Å². The number of ether oxygens (including phenoxy) is 1. The summed E-state index contributed by atoms with van der Waals surface area (Å²) in [7, 11) is 0. The van der Waals surface area contributed by atoms with Crippen molar-refractivity contribution in [2.75, 3.05) is 13.2 Å². The molecule has 0 aromatic heterocycles. The Kier molecular flexibility index (Phi) is 8.68. The van der Waals surface area contributed by atoms with Crippen LogP contribution in [-0.2, 0) is 14.3 Å². The summed E-state index contributed by atoms with van der Waals surface area (Å²) in [5.41, 5.74) is 4.63. The predicted molar refractivity (Wildman–Crippen MR) is 130 cm³/mol. The summed E-state index contributed by atoms with van der Waals surface area (Å²) in [4.78, 5) is 35.8. The number of rotatable bonds is 11. The Hall–Kier alpha value is -3.35. The molecule has 0 spiro atoms. The fourth-order valence-corrected chi connectivity index (χ4v) is 4.28. The molecule has 0 bridgehead atoms. The second kappa shape index (κ2) is 11.7. The lowest BCUT2D eigenvalue weighted by Crippen LogP contribution is -2.43. The van der Waals surface area contributed by atoms with Crippen LogP contribution in [0.25, 0.3) is 11.1 Å². The van der Waals surface area contributed by atoms with Gasteiger partial charge in [0.15, 0.2) is 0 Å². The number of benzene rings is 2. The molecule has 3 N–H and O–H groups in total. The first-order chi connectivity index (χ1) is 16.3. The second-order valence-corrected chi connectivity index (χ2v) is 9.26. The third kappa shape index (κ3) is 6.37. The van der Waals surface area contributed by atoms with Gasteiger partial charge in [0.1, 0.15) is 6.61 Å². The Morgan fingerprint density at radius 3 is 2.12 bits per heavy atom. The van der Waals surface area contributed by atoms with E-state index < -0.39 is 18.0 Å². The van der Waals surface area contributed by atoms with Crippen LogP contribution in [0.4, 0.5) is 4.79 Å². The quantitative estimate of drug-likeness (QED) is 0.421. The Morgan fingerprint density at radius 1 is 0.971 bits per heavy atom. The molecule has 34 heavy (non-hydrogen) atoms. The zero-order chi connectivity index (χ0) is 24.7. The lowest BCUT2D eigenvalue weighted by atomic mass is 9.98. The number of carbonyl (C=O) groups excluding carboxylic acids is 2. The van der Waals surface area contributed by atoms with Gasteiger partial charge in [-0.15, -0.1) is 0 Å². The highest BCUT2D eigenvalue weighted by molar-refractivity contribution is 5.79. The second-order valence-electron chi connectivity index (χ2n) is 9.26. The molecule has 2 amide bonds. The van der Waals surface area contributed by atoms with Crippen LogP contribution in [0.3, 0.4) is 0 Å². The van der Waals surface area contributed by atoms with Gasteiger partial charge in [-0.3, -0.25) is 9.59 Å². The van der Waals surface area contributed by atoms with Gasteiger partial charge in [0.2, 0.25) is 5.91 Å². The maximum absolute atomic E-state index is 12.6. The number of nitrogens with one attached hydrogen (secondary N) is 2. The Balaban J connectivity index is 1.50. The fraction of sp³-hybridized carbons (Fsp3) is 0.444. The predicted octanol–water partition coefficient (Wildman–Crippen LogP) is 4.56. The van der Waals surface area contributed by atoms with Gasteiger partial charge in [-0.25, -0.2) is 4.79 Å². The maximum Gasteiger partial charge on any atom is 0.407 e. The Bertz CT molecular complexity index is 974. The van der Waals surface area contributed by atoms with Gasteiger partial charge < -0.3 is 20.5 Å². The molecule has 7 nitrogen and oxygen atoms in total. The first-order valence-corrected chi connectivity index (χ1v) is 11.9. The standard InChI is InChI=1S/C27H34N2O5/c1-17(2)24(15-25(30)28-14-8-9-18(3)26(31)32)29-27(33)34-16-23-21-12-6-4-10-19(21)20-11-5-7-13-22(20)23/h4-7,10-13,17-18,23-24H,8-9,14-16H2,1-3H3,(H,28,30)(H,29,33)(H,31,32)/t18?,24-/m1/s1. The van der Waals surface area contributed by atoms with Crippen LogP contribution in [0.2, 0.25) is 0 Å². The third-order valence-electron chi connectivity index (χ3n) is 6.41. The smallest absolute Gasteiger partial charge is 0.407 e. The minimum absolute atomic E-state index is 0.0212. The summed E-state index contributed by atoms with van der Waals surface area (Å²) in [5.74, 6) is -1.43. The lowest BCUT2D eigenvalue weighted by Gasteiger charge is -2.22. The van der Waals surface area contributed by atoms with E-state index in [9.17, 15) is 14.4 Å². The number of amides is 2. The lowest BCUT2D eigenvalue weighted by molar-refractivity contribution is -0.141. The van der Waals surface area contributed by atoms with Gasteiger partial charge in [-0.1, -0.05) is 69.3 Å². The summed E-state index contributed by atoms with van der Waals surface area (Å²) in [6.45, 7) is 6.16. The number of fused-ring (bicyclic) bond motifs is 3. The molecule has 1 aliphatic rings. The summed E-state index contributed by atoms with van der Waals surface area (Å²) >= 11 is 0. The van der Waals surface area contributed by atoms with Crippen molar-refractivity contribution in [3.8, 4) is 11.1 Å². The zero-order valence-corrected chi connectivity index (χ0v) is 20.0. The molecule has 7 heteroatoms. The van der Waals surface area contributed by atoms with E-state index in [2.05, 4.69) is 34.9 Å². The average molecular weight is 467 g/mol. The van der Waals surface area contributed by atoms with E-state index >= 15 is 0 Å². The number of hydrogen-bond acceptors (Lipinski definition) is 4. The van der Waals surface area contributed by atoms with Crippen molar-refractivity contribution in [1.82, 2.24) is 10.6 Å². The summed E-state index contributed by atoms with van der Waals surface area (Å²) in [6.07, 6.45) is 0.687. The van der Waals surface area contributed by atoms with E-state index in [4.69, 9.17) is 9.84 Å². The molecule has 0 saturated heterocycles. The molecule has 182 valence electrons. The minimum Gasteiger partial charge on any atom is -0.481 e. The van der Waals surface area contributed by atoms with Crippen molar-refractivity contribution in [3.05, 3.63) is 59.7 Å². The SMILES string of the molecule is CC(CCCNC(=O)C[C@@H](NC(=O)OCC1c2ccccc2-c2ccccc21)C(C)C)C(=O)O. The Morgan fingerprint density at radius 2 is 1.56 bits per heavy atom. The van der Waals surface area contributed by atoms with Crippen molar-refractivity contribution < 1.29 is 24.2 Å². The molecule has 3 rings (SSSR count). The number of carboxylic acids is 1.